The lowest BCUT2D eigenvalue weighted by atomic mass is 9.86. The van der Waals surface area contributed by atoms with Gasteiger partial charge >= 0.3 is 0 Å². The Morgan fingerprint density at radius 3 is 3.08 bits per heavy atom. The average Bonchev–Trinajstić information content (AvgIpc) is 2.47. The van der Waals surface area contributed by atoms with E-state index in [0.717, 1.165) is 17.5 Å². The van der Waals surface area contributed by atoms with Crippen molar-refractivity contribution in [2.45, 2.75) is 12.3 Å². The van der Waals surface area contributed by atoms with E-state index < -0.39 is 5.41 Å². The first-order chi connectivity index (χ1) is 6.17. The number of carbonyl (C=O) groups excluding carboxylic acids is 1. The van der Waals surface area contributed by atoms with Gasteiger partial charge in [-0.05, 0) is 18.6 Å². The molecule has 3 heteroatoms. The van der Waals surface area contributed by atoms with Crippen molar-refractivity contribution in [3.05, 3.63) is 28.8 Å². The Bertz CT molecular complexity index is 364. The Morgan fingerprint density at radius 2 is 2.38 bits per heavy atom. The number of para-hydroxylation sites is 1. The fourth-order valence-corrected chi connectivity index (χ4v) is 1.89. The van der Waals surface area contributed by atoms with Crippen LogP contribution in [0.4, 0.5) is 5.69 Å². The van der Waals surface area contributed by atoms with E-state index in [9.17, 15) is 4.79 Å². The Balaban J connectivity index is 2.61. The maximum absolute atomic E-state index is 10.9. The van der Waals surface area contributed by atoms with Gasteiger partial charge in [0, 0.05) is 6.54 Å². The van der Waals surface area contributed by atoms with E-state index in [4.69, 9.17) is 11.6 Å². The summed E-state index contributed by atoms with van der Waals surface area (Å²) in [6.07, 6.45) is 0.974. The van der Waals surface area contributed by atoms with E-state index in [2.05, 4.69) is 5.32 Å². The highest BCUT2D eigenvalue weighted by Crippen LogP contribution is 2.39. The van der Waals surface area contributed by atoms with Crippen LogP contribution in [0.2, 0.25) is 5.02 Å². The topological polar surface area (TPSA) is 29.1 Å². The zero-order valence-corrected chi connectivity index (χ0v) is 8.06. The van der Waals surface area contributed by atoms with Crippen molar-refractivity contribution in [2.75, 3.05) is 11.9 Å². The molecule has 0 aliphatic carbocycles. The lowest BCUT2D eigenvalue weighted by Crippen LogP contribution is -2.25. The number of halogens is 1. The molecule has 1 N–H and O–H groups in total. The molecule has 0 saturated heterocycles. The number of rotatable bonds is 1. The van der Waals surface area contributed by atoms with E-state index >= 15 is 0 Å². The number of benzene rings is 1. The largest absolute Gasteiger partial charge is 0.382 e. The molecule has 1 aliphatic heterocycles. The van der Waals surface area contributed by atoms with Gasteiger partial charge < -0.3 is 10.1 Å². The lowest BCUT2D eigenvalue weighted by molar-refractivity contribution is -0.111. The molecule has 2 rings (SSSR count). The molecule has 1 aromatic carbocycles. The Hall–Kier alpha value is -1.02. The SMILES string of the molecule is CC1(C=O)CNc2c(Cl)cccc21. The molecule has 0 radical (unpaired) electrons. The highest BCUT2D eigenvalue weighted by atomic mass is 35.5. The molecule has 0 spiro atoms. The van der Waals surface area contributed by atoms with Crippen LogP contribution in [0, 0.1) is 0 Å². The molecular formula is C10H10ClNO. The number of fused-ring (bicyclic) bond motifs is 1. The molecule has 13 heavy (non-hydrogen) atoms. The van der Waals surface area contributed by atoms with Crippen molar-refractivity contribution in [1.82, 2.24) is 0 Å². The van der Waals surface area contributed by atoms with Crippen molar-refractivity contribution < 1.29 is 4.79 Å². The van der Waals surface area contributed by atoms with Crippen LogP contribution < -0.4 is 5.32 Å². The molecule has 2 nitrogen and oxygen atoms in total. The first-order valence-electron chi connectivity index (χ1n) is 4.16. The van der Waals surface area contributed by atoms with E-state index in [0.29, 0.717) is 11.6 Å². The minimum atomic E-state index is -0.416. The summed E-state index contributed by atoms with van der Waals surface area (Å²) in [5.41, 5.74) is 1.48. The normalized spacial score (nSPS) is 25.1. The molecule has 0 amide bonds. The average molecular weight is 196 g/mol. The third-order valence-electron chi connectivity index (χ3n) is 2.52. The predicted octanol–water partition coefficient (Wildman–Crippen LogP) is 2.22. The first kappa shape index (κ1) is 8.57. The Morgan fingerprint density at radius 1 is 1.62 bits per heavy atom. The maximum atomic E-state index is 10.9. The summed E-state index contributed by atoms with van der Waals surface area (Å²) in [4.78, 5) is 10.9. The number of hydrogen-bond donors (Lipinski definition) is 1. The molecule has 0 bridgehead atoms. The monoisotopic (exact) mass is 195 g/mol. The van der Waals surface area contributed by atoms with Crippen LogP contribution in [0.5, 0.6) is 0 Å². The highest BCUT2D eigenvalue weighted by Gasteiger charge is 2.34. The van der Waals surface area contributed by atoms with Gasteiger partial charge in [-0.2, -0.15) is 0 Å². The summed E-state index contributed by atoms with van der Waals surface area (Å²) in [6, 6.07) is 5.63. The fourth-order valence-electron chi connectivity index (χ4n) is 1.65. The summed E-state index contributed by atoms with van der Waals surface area (Å²) in [6.45, 7) is 2.55. The summed E-state index contributed by atoms with van der Waals surface area (Å²) in [7, 11) is 0. The van der Waals surface area contributed by atoms with Gasteiger partial charge in [-0.3, -0.25) is 0 Å². The molecule has 0 saturated carbocycles. The van der Waals surface area contributed by atoms with Crippen LogP contribution in [0.25, 0.3) is 0 Å². The molecule has 1 aliphatic rings. The van der Waals surface area contributed by atoms with Crippen LogP contribution in [0.1, 0.15) is 12.5 Å². The zero-order chi connectivity index (χ0) is 9.47. The van der Waals surface area contributed by atoms with Crippen molar-refractivity contribution in [2.24, 2.45) is 0 Å². The standard InChI is InChI=1S/C10H10ClNO/c1-10(6-13)5-12-9-7(10)3-2-4-8(9)11/h2-4,6,12H,5H2,1H3. The van der Waals surface area contributed by atoms with E-state index in [1.54, 1.807) is 0 Å². The van der Waals surface area contributed by atoms with Crippen molar-refractivity contribution >= 4 is 23.6 Å². The predicted molar refractivity (Wildman–Crippen MR) is 53.4 cm³/mol. The van der Waals surface area contributed by atoms with Crippen LogP contribution in [0.15, 0.2) is 18.2 Å². The van der Waals surface area contributed by atoms with Gasteiger partial charge in [-0.15, -0.1) is 0 Å². The van der Waals surface area contributed by atoms with Gasteiger partial charge in [0.05, 0.1) is 16.1 Å². The van der Waals surface area contributed by atoms with E-state index in [1.165, 1.54) is 0 Å². The summed E-state index contributed by atoms with van der Waals surface area (Å²) in [5.74, 6) is 0. The van der Waals surface area contributed by atoms with Crippen LogP contribution >= 0.6 is 11.6 Å². The van der Waals surface area contributed by atoms with Crippen molar-refractivity contribution in [1.29, 1.82) is 0 Å². The highest BCUT2D eigenvalue weighted by molar-refractivity contribution is 6.33. The first-order valence-corrected chi connectivity index (χ1v) is 4.54. The summed E-state index contributed by atoms with van der Waals surface area (Å²) in [5, 5.41) is 3.83. The number of hydrogen-bond acceptors (Lipinski definition) is 2. The lowest BCUT2D eigenvalue weighted by Gasteiger charge is -2.14. The zero-order valence-electron chi connectivity index (χ0n) is 7.30. The third kappa shape index (κ3) is 1.13. The smallest absolute Gasteiger partial charge is 0.132 e. The molecule has 1 unspecified atom stereocenters. The van der Waals surface area contributed by atoms with Gasteiger partial charge in [0.2, 0.25) is 0 Å². The van der Waals surface area contributed by atoms with E-state index in [1.807, 2.05) is 25.1 Å². The molecule has 1 atom stereocenters. The van der Waals surface area contributed by atoms with Crippen LogP contribution in [-0.4, -0.2) is 12.8 Å². The van der Waals surface area contributed by atoms with Crippen LogP contribution in [-0.2, 0) is 10.2 Å². The molecule has 0 fully saturated rings. The number of carbonyl (C=O) groups is 1. The number of aldehydes is 1. The van der Waals surface area contributed by atoms with Gasteiger partial charge in [-0.25, -0.2) is 0 Å². The Kier molecular flexibility index (Phi) is 1.81. The minimum Gasteiger partial charge on any atom is -0.382 e. The maximum Gasteiger partial charge on any atom is 0.132 e. The van der Waals surface area contributed by atoms with Crippen molar-refractivity contribution in [3.63, 3.8) is 0 Å². The van der Waals surface area contributed by atoms with Gasteiger partial charge in [0.1, 0.15) is 6.29 Å². The molecule has 1 heterocycles. The molecule has 0 aromatic heterocycles. The van der Waals surface area contributed by atoms with Crippen LogP contribution in [0.3, 0.4) is 0 Å². The quantitative estimate of drug-likeness (QED) is 0.697. The second-order valence-corrected chi connectivity index (χ2v) is 3.96. The summed E-state index contributed by atoms with van der Waals surface area (Å²) >= 11 is 5.98. The third-order valence-corrected chi connectivity index (χ3v) is 2.84. The second kappa shape index (κ2) is 2.74. The van der Waals surface area contributed by atoms with Gasteiger partial charge in [0.25, 0.3) is 0 Å². The van der Waals surface area contributed by atoms with Gasteiger partial charge in [-0.1, -0.05) is 23.7 Å². The number of anilines is 1. The Labute approximate surface area is 81.9 Å². The second-order valence-electron chi connectivity index (χ2n) is 3.55. The van der Waals surface area contributed by atoms with E-state index in [-0.39, 0.29) is 0 Å². The van der Waals surface area contributed by atoms with Crippen molar-refractivity contribution in [3.8, 4) is 0 Å². The van der Waals surface area contributed by atoms with Gasteiger partial charge in [0.15, 0.2) is 0 Å². The minimum absolute atomic E-state index is 0.416. The molecule has 68 valence electrons. The summed E-state index contributed by atoms with van der Waals surface area (Å²) < 4.78 is 0. The molecular weight excluding hydrogens is 186 g/mol. The fraction of sp³-hybridized carbons (Fsp3) is 0.300. The molecule has 1 aromatic rings. The number of nitrogens with one attached hydrogen (secondary N) is 1.